The molecule has 1 saturated heterocycles. The topological polar surface area (TPSA) is 74.7 Å². The highest BCUT2D eigenvalue weighted by atomic mass is 32.2. The van der Waals surface area contributed by atoms with E-state index in [9.17, 15) is 13.2 Å². The van der Waals surface area contributed by atoms with Crippen LogP contribution in [0, 0.1) is 11.8 Å². The highest BCUT2D eigenvalue weighted by Gasteiger charge is 2.35. The van der Waals surface area contributed by atoms with E-state index in [1.807, 2.05) is 13.8 Å². The predicted molar refractivity (Wildman–Crippen MR) is 60.6 cm³/mol. The fourth-order valence-corrected chi connectivity index (χ4v) is 3.72. The van der Waals surface area contributed by atoms with Gasteiger partial charge in [0.15, 0.2) is 0 Å². The Kier molecular flexibility index (Phi) is 4.32. The van der Waals surface area contributed by atoms with Gasteiger partial charge in [0.2, 0.25) is 10.0 Å². The quantitative estimate of drug-likeness (QED) is 0.781. The SMILES string of the molecule is CCC(C)CS(=O)(=O)N1CCC(C(=O)O)C1. The second-order valence-corrected chi connectivity index (χ2v) is 6.49. The molecule has 1 rings (SSSR count). The van der Waals surface area contributed by atoms with E-state index < -0.39 is 21.9 Å². The van der Waals surface area contributed by atoms with Crippen LogP contribution in [-0.4, -0.2) is 42.6 Å². The molecule has 2 atom stereocenters. The van der Waals surface area contributed by atoms with E-state index in [2.05, 4.69) is 0 Å². The third-order valence-corrected chi connectivity index (χ3v) is 5.19. The summed E-state index contributed by atoms with van der Waals surface area (Å²) in [7, 11) is -3.27. The van der Waals surface area contributed by atoms with Gasteiger partial charge in [-0.2, -0.15) is 0 Å². The molecule has 94 valence electrons. The Morgan fingerprint density at radius 1 is 1.56 bits per heavy atom. The van der Waals surface area contributed by atoms with Gasteiger partial charge >= 0.3 is 5.97 Å². The lowest BCUT2D eigenvalue weighted by atomic mass is 10.1. The van der Waals surface area contributed by atoms with Crippen LogP contribution in [-0.2, 0) is 14.8 Å². The van der Waals surface area contributed by atoms with Crippen molar-refractivity contribution in [1.82, 2.24) is 4.31 Å². The summed E-state index contributed by atoms with van der Waals surface area (Å²) in [6.07, 6.45) is 1.24. The van der Waals surface area contributed by atoms with Crippen molar-refractivity contribution in [3.05, 3.63) is 0 Å². The number of nitrogens with zero attached hydrogens (tertiary/aromatic N) is 1. The first kappa shape index (κ1) is 13.4. The highest BCUT2D eigenvalue weighted by Crippen LogP contribution is 2.21. The standard InChI is InChI=1S/C10H19NO4S/c1-3-8(2)7-16(14,15)11-5-4-9(6-11)10(12)13/h8-9H,3-7H2,1-2H3,(H,12,13). The average Bonchev–Trinajstić information content (AvgIpc) is 2.66. The van der Waals surface area contributed by atoms with Crippen molar-refractivity contribution >= 4 is 16.0 Å². The molecular formula is C10H19NO4S. The molecule has 1 N–H and O–H groups in total. The van der Waals surface area contributed by atoms with Crippen LogP contribution < -0.4 is 0 Å². The van der Waals surface area contributed by atoms with E-state index in [0.29, 0.717) is 13.0 Å². The van der Waals surface area contributed by atoms with Crippen LogP contribution >= 0.6 is 0 Å². The number of sulfonamides is 1. The molecule has 16 heavy (non-hydrogen) atoms. The third-order valence-electron chi connectivity index (χ3n) is 3.09. The zero-order valence-electron chi connectivity index (χ0n) is 9.72. The van der Waals surface area contributed by atoms with Gasteiger partial charge in [-0.25, -0.2) is 12.7 Å². The minimum absolute atomic E-state index is 0.119. The molecule has 0 radical (unpaired) electrons. The lowest BCUT2D eigenvalue weighted by Crippen LogP contribution is -2.33. The number of carboxylic acid groups (broad SMARTS) is 1. The van der Waals surface area contributed by atoms with Crippen molar-refractivity contribution in [3.8, 4) is 0 Å². The van der Waals surface area contributed by atoms with Crippen molar-refractivity contribution in [1.29, 1.82) is 0 Å². The maximum absolute atomic E-state index is 11.9. The minimum atomic E-state index is -3.27. The summed E-state index contributed by atoms with van der Waals surface area (Å²) in [6, 6.07) is 0. The molecular weight excluding hydrogens is 230 g/mol. The predicted octanol–water partition coefficient (Wildman–Crippen LogP) is 0.769. The van der Waals surface area contributed by atoms with Crippen LogP contribution in [0.3, 0.4) is 0 Å². The Morgan fingerprint density at radius 3 is 2.62 bits per heavy atom. The van der Waals surface area contributed by atoms with E-state index in [1.54, 1.807) is 0 Å². The first-order chi connectivity index (χ1) is 7.36. The lowest BCUT2D eigenvalue weighted by Gasteiger charge is -2.18. The third kappa shape index (κ3) is 3.18. The van der Waals surface area contributed by atoms with Crippen LogP contribution in [0.1, 0.15) is 26.7 Å². The molecule has 0 saturated carbocycles. The number of hydrogen-bond donors (Lipinski definition) is 1. The zero-order valence-corrected chi connectivity index (χ0v) is 10.5. The summed E-state index contributed by atoms with van der Waals surface area (Å²) in [5.41, 5.74) is 0. The monoisotopic (exact) mass is 249 g/mol. The molecule has 1 heterocycles. The Bertz CT molecular complexity index is 352. The summed E-state index contributed by atoms with van der Waals surface area (Å²) in [6.45, 7) is 4.32. The molecule has 6 heteroatoms. The van der Waals surface area contributed by atoms with Crippen LogP contribution in [0.15, 0.2) is 0 Å². The molecule has 0 aromatic carbocycles. The molecule has 0 bridgehead atoms. The van der Waals surface area contributed by atoms with Gasteiger partial charge in [0.05, 0.1) is 11.7 Å². The number of carbonyl (C=O) groups is 1. The largest absolute Gasteiger partial charge is 0.481 e. The van der Waals surface area contributed by atoms with E-state index in [-0.39, 0.29) is 18.2 Å². The summed E-state index contributed by atoms with van der Waals surface area (Å²) < 4.78 is 25.1. The Hall–Kier alpha value is -0.620. The van der Waals surface area contributed by atoms with Crippen LogP contribution in [0.5, 0.6) is 0 Å². The van der Waals surface area contributed by atoms with E-state index >= 15 is 0 Å². The Morgan fingerprint density at radius 2 is 2.19 bits per heavy atom. The molecule has 5 nitrogen and oxygen atoms in total. The maximum atomic E-state index is 11.9. The molecule has 1 aliphatic heterocycles. The van der Waals surface area contributed by atoms with Crippen molar-refractivity contribution in [2.75, 3.05) is 18.8 Å². The number of rotatable bonds is 5. The average molecular weight is 249 g/mol. The zero-order chi connectivity index (χ0) is 12.3. The molecule has 0 amide bonds. The van der Waals surface area contributed by atoms with Crippen LogP contribution in [0.25, 0.3) is 0 Å². The summed E-state index contributed by atoms with van der Waals surface area (Å²) in [5, 5.41) is 8.80. The van der Waals surface area contributed by atoms with Gasteiger partial charge in [-0.05, 0) is 12.3 Å². The maximum Gasteiger partial charge on any atom is 0.307 e. The van der Waals surface area contributed by atoms with Gasteiger partial charge in [-0.15, -0.1) is 0 Å². The van der Waals surface area contributed by atoms with Crippen molar-refractivity contribution in [2.24, 2.45) is 11.8 Å². The molecule has 2 unspecified atom stereocenters. The molecule has 0 aromatic heterocycles. The van der Waals surface area contributed by atoms with Crippen LogP contribution in [0.4, 0.5) is 0 Å². The molecule has 1 fully saturated rings. The van der Waals surface area contributed by atoms with E-state index in [1.165, 1.54) is 4.31 Å². The highest BCUT2D eigenvalue weighted by molar-refractivity contribution is 7.89. The smallest absolute Gasteiger partial charge is 0.307 e. The molecule has 0 aromatic rings. The summed E-state index contributed by atoms with van der Waals surface area (Å²) in [4.78, 5) is 10.7. The van der Waals surface area contributed by atoms with Gasteiger partial charge in [0, 0.05) is 13.1 Å². The first-order valence-electron chi connectivity index (χ1n) is 5.57. The Labute approximate surface area is 96.5 Å². The molecule has 0 aliphatic carbocycles. The fourth-order valence-electron chi connectivity index (χ4n) is 1.77. The first-order valence-corrected chi connectivity index (χ1v) is 7.18. The van der Waals surface area contributed by atoms with Crippen molar-refractivity contribution in [2.45, 2.75) is 26.7 Å². The van der Waals surface area contributed by atoms with Gasteiger partial charge in [0.25, 0.3) is 0 Å². The van der Waals surface area contributed by atoms with Gasteiger partial charge in [0.1, 0.15) is 0 Å². The molecule has 1 aliphatic rings. The van der Waals surface area contributed by atoms with E-state index in [4.69, 9.17) is 5.11 Å². The number of carboxylic acids is 1. The van der Waals surface area contributed by atoms with Gasteiger partial charge < -0.3 is 5.11 Å². The number of hydrogen-bond acceptors (Lipinski definition) is 3. The minimum Gasteiger partial charge on any atom is -0.481 e. The normalized spacial score (nSPS) is 24.5. The van der Waals surface area contributed by atoms with E-state index in [0.717, 1.165) is 6.42 Å². The summed E-state index contributed by atoms with van der Waals surface area (Å²) in [5.74, 6) is -1.20. The lowest BCUT2D eigenvalue weighted by molar-refractivity contribution is -0.141. The second-order valence-electron chi connectivity index (χ2n) is 4.47. The van der Waals surface area contributed by atoms with Crippen molar-refractivity contribution < 1.29 is 18.3 Å². The molecule has 0 spiro atoms. The van der Waals surface area contributed by atoms with Crippen LogP contribution in [0.2, 0.25) is 0 Å². The van der Waals surface area contributed by atoms with Gasteiger partial charge in [-0.3, -0.25) is 4.79 Å². The Balaban J connectivity index is 2.62. The fraction of sp³-hybridized carbons (Fsp3) is 0.900. The second kappa shape index (κ2) is 5.14. The van der Waals surface area contributed by atoms with Crippen molar-refractivity contribution in [3.63, 3.8) is 0 Å². The summed E-state index contributed by atoms with van der Waals surface area (Å²) >= 11 is 0. The number of aliphatic carboxylic acids is 1. The van der Waals surface area contributed by atoms with Gasteiger partial charge in [-0.1, -0.05) is 20.3 Å².